The van der Waals surface area contributed by atoms with Gasteiger partial charge in [0.05, 0.1) is 12.3 Å². The zero-order valence-electron chi connectivity index (χ0n) is 11.8. The van der Waals surface area contributed by atoms with E-state index in [0.29, 0.717) is 0 Å². The van der Waals surface area contributed by atoms with Crippen LogP contribution in [0, 0.1) is 0 Å². The molecular weight excluding hydrogens is 276 g/mol. The number of fused-ring (bicyclic) bond motifs is 1. The van der Waals surface area contributed by atoms with Crippen molar-refractivity contribution in [3.63, 3.8) is 0 Å². The van der Waals surface area contributed by atoms with Gasteiger partial charge in [0.2, 0.25) is 15.9 Å². The first-order valence-corrected chi connectivity index (χ1v) is 8.56. The van der Waals surface area contributed by atoms with Gasteiger partial charge in [-0.3, -0.25) is 4.79 Å². The number of aryl methyl sites for hydroxylation is 1. The summed E-state index contributed by atoms with van der Waals surface area (Å²) in [5, 5.41) is 0. The van der Waals surface area contributed by atoms with E-state index < -0.39 is 10.0 Å². The number of hydrogen-bond donors (Lipinski definition) is 1. The lowest BCUT2D eigenvalue weighted by molar-refractivity contribution is -0.131. The summed E-state index contributed by atoms with van der Waals surface area (Å²) >= 11 is 0. The smallest absolute Gasteiger partial charge is 0.224 e. The van der Waals surface area contributed by atoms with Crippen LogP contribution in [0.3, 0.4) is 0 Å². The first-order valence-electron chi connectivity index (χ1n) is 6.66. The zero-order chi connectivity index (χ0) is 14.8. The number of amides is 1. The van der Waals surface area contributed by atoms with Crippen LogP contribution in [-0.2, 0) is 21.2 Å². The summed E-state index contributed by atoms with van der Waals surface area (Å²) < 4.78 is 24.3. The highest BCUT2D eigenvalue weighted by atomic mass is 32.2. The predicted molar refractivity (Wildman–Crippen MR) is 77.7 cm³/mol. The van der Waals surface area contributed by atoms with Crippen LogP contribution in [-0.4, -0.2) is 39.1 Å². The van der Waals surface area contributed by atoms with E-state index in [-0.39, 0.29) is 24.9 Å². The topological polar surface area (TPSA) is 66.5 Å². The lowest BCUT2D eigenvalue weighted by Gasteiger charge is -2.25. The second kappa shape index (κ2) is 5.93. The average Bonchev–Trinajstić information content (AvgIpc) is 2.80. The molecule has 0 aromatic heterocycles. The van der Waals surface area contributed by atoms with Crippen molar-refractivity contribution in [2.24, 2.45) is 0 Å². The monoisotopic (exact) mass is 296 g/mol. The highest BCUT2D eigenvalue weighted by Gasteiger charge is 2.27. The normalized spacial score (nSPS) is 17.8. The van der Waals surface area contributed by atoms with Crippen LogP contribution in [0.1, 0.15) is 30.0 Å². The van der Waals surface area contributed by atoms with Gasteiger partial charge in [-0.2, -0.15) is 0 Å². The molecule has 0 spiro atoms. The van der Waals surface area contributed by atoms with Crippen LogP contribution >= 0.6 is 0 Å². The van der Waals surface area contributed by atoms with Gasteiger partial charge in [0.15, 0.2) is 0 Å². The van der Waals surface area contributed by atoms with E-state index in [4.69, 9.17) is 0 Å². The predicted octanol–water partition coefficient (Wildman–Crippen LogP) is 1.07. The molecule has 0 unspecified atom stereocenters. The minimum absolute atomic E-state index is 0.0390. The molecule has 0 saturated heterocycles. The molecule has 2 rings (SSSR count). The molecule has 1 aromatic rings. The van der Waals surface area contributed by atoms with Crippen molar-refractivity contribution in [1.29, 1.82) is 0 Å². The molecular formula is C14H20N2O3S. The van der Waals surface area contributed by atoms with Crippen molar-refractivity contribution < 1.29 is 13.2 Å². The van der Waals surface area contributed by atoms with Crippen LogP contribution in [0.2, 0.25) is 0 Å². The third-order valence-corrected chi connectivity index (χ3v) is 4.39. The minimum atomic E-state index is -3.23. The van der Waals surface area contributed by atoms with E-state index in [1.54, 1.807) is 11.9 Å². The van der Waals surface area contributed by atoms with Gasteiger partial charge in [-0.25, -0.2) is 13.1 Å². The highest BCUT2D eigenvalue weighted by molar-refractivity contribution is 7.88. The Morgan fingerprint density at radius 2 is 2.10 bits per heavy atom. The fraction of sp³-hybridized carbons (Fsp3) is 0.500. The summed E-state index contributed by atoms with van der Waals surface area (Å²) in [5.41, 5.74) is 2.51. The molecule has 0 fully saturated rings. The van der Waals surface area contributed by atoms with E-state index in [9.17, 15) is 13.2 Å². The average molecular weight is 296 g/mol. The molecule has 1 aromatic carbocycles. The van der Waals surface area contributed by atoms with Crippen LogP contribution in [0.4, 0.5) is 0 Å². The number of benzene rings is 1. The van der Waals surface area contributed by atoms with Crippen molar-refractivity contribution in [3.8, 4) is 0 Å². The first kappa shape index (κ1) is 15.0. The lowest BCUT2D eigenvalue weighted by Crippen LogP contribution is -2.33. The van der Waals surface area contributed by atoms with Crippen LogP contribution in [0.15, 0.2) is 24.3 Å². The van der Waals surface area contributed by atoms with Crippen molar-refractivity contribution in [3.05, 3.63) is 35.4 Å². The molecule has 5 nitrogen and oxygen atoms in total. The molecule has 0 radical (unpaired) electrons. The van der Waals surface area contributed by atoms with Crippen LogP contribution in [0.25, 0.3) is 0 Å². The Hall–Kier alpha value is -1.40. The number of nitrogens with zero attached hydrogens (tertiary/aromatic N) is 1. The van der Waals surface area contributed by atoms with E-state index in [0.717, 1.165) is 19.1 Å². The minimum Gasteiger partial charge on any atom is -0.339 e. The fourth-order valence-electron chi connectivity index (χ4n) is 2.63. The van der Waals surface area contributed by atoms with Crippen molar-refractivity contribution in [1.82, 2.24) is 9.62 Å². The van der Waals surface area contributed by atoms with E-state index in [1.165, 1.54) is 11.1 Å². The van der Waals surface area contributed by atoms with Crippen molar-refractivity contribution in [2.75, 3.05) is 19.8 Å². The number of carbonyl (C=O) groups excluding carboxylic acids is 1. The number of rotatable bonds is 5. The Balaban J connectivity index is 1.95. The maximum atomic E-state index is 12.1. The highest BCUT2D eigenvalue weighted by Crippen LogP contribution is 2.34. The molecule has 0 bridgehead atoms. The second-order valence-electron chi connectivity index (χ2n) is 5.17. The van der Waals surface area contributed by atoms with E-state index >= 15 is 0 Å². The summed E-state index contributed by atoms with van der Waals surface area (Å²) in [6.07, 6.45) is 3.19. The van der Waals surface area contributed by atoms with Gasteiger partial charge in [-0.05, 0) is 24.0 Å². The molecule has 20 heavy (non-hydrogen) atoms. The Labute approximate surface area is 120 Å². The largest absolute Gasteiger partial charge is 0.339 e. The van der Waals surface area contributed by atoms with Crippen LogP contribution in [0.5, 0.6) is 0 Å². The fourth-order valence-corrected chi connectivity index (χ4v) is 3.10. The Bertz CT molecular complexity index is 598. The SMILES string of the molecule is CN(C(=O)CCNS(C)(=O)=O)[C@@H]1CCc2ccccc21. The summed E-state index contributed by atoms with van der Waals surface area (Å²) in [6.45, 7) is 0.149. The maximum Gasteiger partial charge on any atom is 0.224 e. The quantitative estimate of drug-likeness (QED) is 0.884. The van der Waals surface area contributed by atoms with Gasteiger partial charge in [0.1, 0.15) is 0 Å². The number of nitrogens with one attached hydrogen (secondary N) is 1. The van der Waals surface area contributed by atoms with Crippen LogP contribution < -0.4 is 4.72 Å². The van der Waals surface area contributed by atoms with Crippen molar-refractivity contribution >= 4 is 15.9 Å². The van der Waals surface area contributed by atoms with Gasteiger partial charge < -0.3 is 4.90 Å². The van der Waals surface area contributed by atoms with E-state index in [2.05, 4.69) is 16.9 Å². The molecule has 1 atom stereocenters. The Morgan fingerprint density at radius 1 is 1.40 bits per heavy atom. The van der Waals surface area contributed by atoms with Gasteiger partial charge in [0.25, 0.3) is 0 Å². The van der Waals surface area contributed by atoms with E-state index in [1.807, 2.05) is 12.1 Å². The molecule has 0 heterocycles. The molecule has 0 saturated carbocycles. The molecule has 1 N–H and O–H groups in total. The summed E-state index contributed by atoms with van der Waals surface area (Å²) in [6, 6.07) is 8.27. The van der Waals surface area contributed by atoms with Gasteiger partial charge in [0, 0.05) is 20.0 Å². The third kappa shape index (κ3) is 3.58. The Morgan fingerprint density at radius 3 is 2.80 bits per heavy atom. The summed E-state index contributed by atoms with van der Waals surface area (Å²) in [5.74, 6) is -0.0390. The number of carbonyl (C=O) groups is 1. The molecule has 1 aliphatic rings. The summed E-state index contributed by atoms with van der Waals surface area (Å²) in [4.78, 5) is 13.8. The number of sulfonamides is 1. The van der Waals surface area contributed by atoms with Gasteiger partial charge in [-0.15, -0.1) is 0 Å². The van der Waals surface area contributed by atoms with Gasteiger partial charge in [-0.1, -0.05) is 24.3 Å². The van der Waals surface area contributed by atoms with Crippen molar-refractivity contribution in [2.45, 2.75) is 25.3 Å². The van der Waals surface area contributed by atoms with Gasteiger partial charge >= 0.3 is 0 Å². The third-order valence-electron chi connectivity index (χ3n) is 3.67. The lowest BCUT2D eigenvalue weighted by atomic mass is 10.1. The zero-order valence-corrected chi connectivity index (χ0v) is 12.6. The molecule has 1 aliphatic carbocycles. The Kier molecular flexibility index (Phi) is 4.45. The molecule has 110 valence electrons. The second-order valence-corrected chi connectivity index (χ2v) is 7.01. The molecule has 1 amide bonds. The molecule has 6 heteroatoms. The standard InChI is InChI=1S/C14H20N2O3S/c1-16(14(17)9-10-15-20(2,18)19)13-8-7-11-5-3-4-6-12(11)13/h3-6,13,15H,7-10H2,1-2H3/t13-/m1/s1. The first-order chi connectivity index (χ1) is 9.38. The number of hydrogen-bond acceptors (Lipinski definition) is 3. The molecule has 0 aliphatic heterocycles. The maximum absolute atomic E-state index is 12.1. The summed E-state index contributed by atoms with van der Waals surface area (Å²) in [7, 11) is -1.45.